The standard InChI is InChI=1S/C30H28FN3O3S/c31-28-13-7-8-14-29(28)38(36,37)34(23-24-9-3-1-4-10-24)27-17-15-25(16-18-27)30(35)33-21-19-32(20-22-33)26-11-5-2-6-12-26/h1-18H,19-23H2. The number of piperazine rings is 1. The predicted molar refractivity (Wildman–Crippen MR) is 147 cm³/mol. The van der Waals surface area contributed by atoms with Crippen molar-refractivity contribution in [1.82, 2.24) is 4.90 Å². The molecule has 1 heterocycles. The summed E-state index contributed by atoms with van der Waals surface area (Å²) < 4.78 is 42.9. The topological polar surface area (TPSA) is 60.9 Å². The minimum Gasteiger partial charge on any atom is -0.368 e. The SMILES string of the molecule is O=C(c1ccc(N(Cc2ccccc2)S(=O)(=O)c2ccccc2F)cc1)N1CCN(c2ccccc2)CC1. The summed E-state index contributed by atoms with van der Waals surface area (Å²) in [6.45, 7) is 2.68. The van der Waals surface area contributed by atoms with E-state index in [1.807, 2.05) is 53.4 Å². The zero-order chi connectivity index (χ0) is 26.5. The van der Waals surface area contributed by atoms with Gasteiger partial charge in [-0.1, -0.05) is 60.7 Å². The van der Waals surface area contributed by atoms with Crippen molar-refractivity contribution in [2.45, 2.75) is 11.4 Å². The Labute approximate surface area is 222 Å². The van der Waals surface area contributed by atoms with Crippen molar-refractivity contribution in [3.8, 4) is 0 Å². The Balaban J connectivity index is 1.36. The van der Waals surface area contributed by atoms with Crippen molar-refractivity contribution in [2.24, 2.45) is 0 Å². The fraction of sp³-hybridized carbons (Fsp3) is 0.167. The van der Waals surface area contributed by atoms with Crippen LogP contribution in [0, 0.1) is 5.82 Å². The molecule has 0 atom stereocenters. The molecule has 5 rings (SSSR count). The van der Waals surface area contributed by atoms with Gasteiger partial charge in [0, 0.05) is 37.4 Å². The Hall–Kier alpha value is -4.17. The lowest BCUT2D eigenvalue weighted by molar-refractivity contribution is 0.0747. The molecule has 0 spiro atoms. The zero-order valence-corrected chi connectivity index (χ0v) is 21.6. The summed E-state index contributed by atoms with van der Waals surface area (Å²) in [5.74, 6) is -0.914. The molecule has 1 aliphatic heterocycles. The van der Waals surface area contributed by atoms with Crippen LogP contribution in [0.3, 0.4) is 0 Å². The average Bonchev–Trinajstić information content (AvgIpc) is 2.97. The first-order chi connectivity index (χ1) is 18.4. The molecular weight excluding hydrogens is 501 g/mol. The largest absolute Gasteiger partial charge is 0.368 e. The van der Waals surface area contributed by atoms with Crippen LogP contribution in [-0.4, -0.2) is 45.4 Å². The summed E-state index contributed by atoms with van der Waals surface area (Å²) >= 11 is 0. The van der Waals surface area contributed by atoms with Crippen LogP contribution in [0.1, 0.15) is 15.9 Å². The quantitative estimate of drug-likeness (QED) is 0.331. The third-order valence-electron chi connectivity index (χ3n) is 6.66. The molecule has 1 amide bonds. The lowest BCUT2D eigenvalue weighted by Crippen LogP contribution is -2.48. The highest BCUT2D eigenvalue weighted by atomic mass is 32.2. The van der Waals surface area contributed by atoms with Gasteiger partial charge in [0.05, 0.1) is 12.2 Å². The molecule has 0 N–H and O–H groups in total. The van der Waals surface area contributed by atoms with Crippen molar-refractivity contribution in [3.05, 3.63) is 126 Å². The summed E-state index contributed by atoms with van der Waals surface area (Å²) in [5, 5.41) is 0. The van der Waals surface area contributed by atoms with Crippen LogP contribution in [0.2, 0.25) is 0 Å². The van der Waals surface area contributed by atoms with E-state index in [-0.39, 0.29) is 12.5 Å². The highest BCUT2D eigenvalue weighted by molar-refractivity contribution is 7.92. The smallest absolute Gasteiger partial charge is 0.267 e. The van der Waals surface area contributed by atoms with E-state index in [9.17, 15) is 17.6 Å². The molecule has 194 valence electrons. The maximum atomic E-state index is 14.6. The number of rotatable bonds is 7. The first-order valence-electron chi connectivity index (χ1n) is 12.4. The monoisotopic (exact) mass is 529 g/mol. The highest BCUT2D eigenvalue weighted by Crippen LogP contribution is 2.28. The molecule has 1 fully saturated rings. The van der Waals surface area contributed by atoms with Crippen LogP contribution < -0.4 is 9.21 Å². The van der Waals surface area contributed by atoms with Crippen molar-refractivity contribution in [1.29, 1.82) is 0 Å². The Morgan fingerprint density at radius 3 is 1.95 bits per heavy atom. The van der Waals surface area contributed by atoms with Gasteiger partial charge in [-0.25, -0.2) is 12.8 Å². The summed E-state index contributed by atoms with van der Waals surface area (Å²) in [4.78, 5) is 16.9. The van der Waals surface area contributed by atoms with Crippen LogP contribution in [0.4, 0.5) is 15.8 Å². The second-order valence-corrected chi connectivity index (χ2v) is 10.9. The molecule has 1 saturated heterocycles. The predicted octanol–water partition coefficient (Wildman–Crippen LogP) is 5.18. The summed E-state index contributed by atoms with van der Waals surface area (Å²) in [7, 11) is -4.21. The molecule has 1 aliphatic rings. The fourth-order valence-corrected chi connectivity index (χ4v) is 6.12. The van der Waals surface area contributed by atoms with Crippen LogP contribution in [0.15, 0.2) is 114 Å². The second kappa shape index (κ2) is 11.1. The first-order valence-corrected chi connectivity index (χ1v) is 13.9. The van der Waals surface area contributed by atoms with E-state index < -0.39 is 20.7 Å². The van der Waals surface area contributed by atoms with Gasteiger partial charge in [0.1, 0.15) is 10.7 Å². The Morgan fingerprint density at radius 2 is 1.32 bits per heavy atom. The van der Waals surface area contributed by atoms with Crippen LogP contribution in [0.5, 0.6) is 0 Å². The molecule has 0 bridgehead atoms. The van der Waals surface area contributed by atoms with Gasteiger partial charge in [0.2, 0.25) is 0 Å². The van der Waals surface area contributed by atoms with Crippen LogP contribution in [0.25, 0.3) is 0 Å². The fourth-order valence-electron chi connectivity index (χ4n) is 4.60. The molecule has 0 aliphatic carbocycles. The van der Waals surface area contributed by atoms with Crippen molar-refractivity contribution >= 4 is 27.3 Å². The Morgan fingerprint density at radius 1 is 0.737 bits per heavy atom. The van der Waals surface area contributed by atoms with E-state index in [1.54, 1.807) is 24.3 Å². The van der Waals surface area contributed by atoms with Crippen molar-refractivity contribution in [3.63, 3.8) is 0 Å². The van der Waals surface area contributed by atoms with Gasteiger partial charge in [0.15, 0.2) is 0 Å². The number of carbonyl (C=O) groups excluding carboxylic acids is 1. The summed E-state index contributed by atoms with van der Waals surface area (Å²) in [6, 6.07) is 31.1. The molecular formula is C30H28FN3O3S. The van der Waals surface area contributed by atoms with Crippen LogP contribution >= 0.6 is 0 Å². The maximum Gasteiger partial charge on any atom is 0.267 e. The second-order valence-electron chi connectivity index (χ2n) is 9.09. The molecule has 0 aromatic heterocycles. The van der Waals surface area contributed by atoms with E-state index in [2.05, 4.69) is 17.0 Å². The number of halogens is 1. The summed E-state index contributed by atoms with van der Waals surface area (Å²) in [6.07, 6.45) is 0. The highest BCUT2D eigenvalue weighted by Gasteiger charge is 2.29. The number of amides is 1. The van der Waals surface area contributed by atoms with E-state index in [0.717, 1.165) is 30.4 Å². The number of carbonyl (C=O) groups is 1. The van der Waals surface area contributed by atoms with Gasteiger partial charge >= 0.3 is 0 Å². The Kier molecular flexibility index (Phi) is 7.42. The molecule has 0 radical (unpaired) electrons. The molecule has 38 heavy (non-hydrogen) atoms. The third-order valence-corrected chi connectivity index (χ3v) is 8.47. The molecule has 4 aromatic rings. The number of sulfonamides is 1. The number of benzene rings is 4. The van der Waals surface area contributed by atoms with E-state index in [0.29, 0.717) is 24.3 Å². The minimum absolute atomic E-state index is 0.0201. The minimum atomic E-state index is -4.21. The van der Waals surface area contributed by atoms with Gasteiger partial charge in [-0.05, 0) is 54.1 Å². The molecule has 4 aromatic carbocycles. The first kappa shape index (κ1) is 25.5. The van der Waals surface area contributed by atoms with Crippen molar-refractivity contribution < 1.29 is 17.6 Å². The van der Waals surface area contributed by atoms with Gasteiger partial charge < -0.3 is 9.80 Å². The normalized spacial score (nSPS) is 13.8. The Bertz CT molecular complexity index is 1490. The number of hydrogen-bond donors (Lipinski definition) is 0. The third kappa shape index (κ3) is 5.40. The maximum absolute atomic E-state index is 14.6. The van der Waals surface area contributed by atoms with E-state index in [4.69, 9.17) is 0 Å². The number of hydrogen-bond acceptors (Lipinski definition) is 4. The summed E-state index contributed by atoms with van der Waals surface area (Å²) in [5.41, 5.74) is 2.72. The van der Waals surface area contributed by atoms with E-state index in [1.165, 1.54) is 22.5 Å². The van der Waals surface area contributed by atoms with Gasteiger partial charge in [-0.2, -0.15) is 0 Å². The lowest BCUT2D eigenvalue weighted by atomic mass is 10.1. The number of anilines is 2. The number of nitrogens with zero attached hydrogens (tertiary/aromatic N) is 3. The van der Waals surface area contributed by atoms with Gasteiger partial charge in [-0.3, -0.25) is 9.10 Å². The molecule has 8 heteroatoms. The molecule has 6 nitrogen and oxygen atoms in total. The van der Waals surface area contributed by atoms with Gasteiger partial charge in [-0.15, -0.1) is 0 Å². The average molecular weight is 530 g/mol. The lowest BCUT2D eigenvalue weighted by Gasteiger charge is -2.36. The van der Waals surface area contributed by atoms with Gasteiger partial charge in [0.25, 0.3) is 15.9 Å². The molecule has 0 unspecified atom stereocenters. The zero-order valence-electron chi connectivity index (χ0n) is 20.8. The van der Waals surface area contributed by atoms with Crippen molar-refractivity contribution in [2.75, 3.05) is 35.4 Å². The van der Waals surface area contributed by atoms with Crippen LogP contribution in [-0.2, 0) is 16.6 Å². The van der Waals surface area contributed by atoms with E-state index >= 15 is 0 Å². The number of para-hydroxylation sites is 1. The molecule has 0 saturated carbocycles.